The highest BCUT2D eigenvalue weighted by atomic mass is 16.6. The molecule has 2 fully saturated rings. The van der Waals surface area contributed by atoms with Crippen LogP contribution in [-0.4, -0.2) is 64.4 Å². The zero-order valence-corrected chi connectivity index (χ0v) is 15.8. The summed E-state index contributed by atoms with van der Waals surface area (Å²) >= 11 is 0. The zero-order chi connectivity index (χ0) is 18.1. The molecule has 1 saturated heterocycles. The van der Waals surface area contributed by atoms with Gasteiger partial charge in [-0.15, -0.1) is 0 Å². The van der Waals surface area contributed by atoms with Crippen LogP contribution >= 0.6 is 0 Å². The third-order valence-corrected chi connectivity index (χ3v) is 5.37. The number of piperidine rings is 1. The van der Waals surface area contributed by atoms with Crippen molar-refractivity contribution in [3.8, 4) is 0 Å². The van der Waals surface area contributed by atoms with Crippen molar-refractivity contribution in [2.24, 2.45) is 0 Å². The maximum absolute atomic E-state index is 4.82. The van der Waals surface area contributed by atoms with E-state index in [1.54, 1.807) is 6.33 Å². The van der Waals surface area contributed by atoms with Crippen LogP contribution in [0.1, 0.15) is 37.1 Å². The van der Waals surface area contributed by atoms with Crippen LogP contribution in [0.15, 0.2) is 17.0 Å². The van der Waals surface area contributed by atoms with Gasteiger partial charge in [-0.25, -0.2) is 14.6 Å². The molecule has 3 heterocycles. The molecule has 1 aliphatic carbocycles. The lowest BCUT2D eigenvalue weighted by Gasteiger charge is -2.39. The van der Waals surface area contributed by atoms with Crippen LogP contribution in [0.4, 0.5) is 11.6 Å². The standard InChI is InChI=1S/C18H27N7O/c1-13-16(22-26-21-13)11-24-8-6-15(7-9-24)25(14-4-5-14)18-10-17(23(2)3)19-12-20-18/h10,12,14-15H,4-9,11H2,1-3H3. The van der Waals surface area contributed by atoms with Crippen LogP contribution in [0.5, 0.6) is 0 Å². The van der Waals surface area contributed by atoms with E-state index in [0.717, 1.165) is 55.5 Å². The molecular weight excluding hydrogens is 330 g/mol. The fourth-order valence-electron chi connectivity index (χ4n) is 3.71. The molecule has 0 aromatic carbocycles. The van der Waals surface area contributed by atoms with Gasteiger partial charge in [0.15, 0.2) is 0 Å². The van der Waals surface area contributed by atoms with Gasteiger partial charge in [0.25, 0.3) is 0 Å². The quantitative estimate of drug-likeness (QED) is 0.776. The van der Waals surface area contributed by atoms with Crippen LogP contribution in [0.25, 0.3) is 0 Å². The minimum atomic E-state index is 0.542. The first-order valence-corrected chi connectivity index (χ1v) is 9.40. The number of likely N-dealkylation sites (tertiary alicyclic amines) is 1. The summed E-state index contributed by atoms with van der Waals surface area (Å²) < 4.78 is 4.82. The minimum Gasteiger partial charge on any atom is -0.363 e. The molecule has 2 aromatic heterocycles. The molecule has 0 unspecified atom stereocenters. The van der Waals surface area contributed by atoms with Gasteiger partial charge >= 0.3 is 0 Å². The number of anilines is 2. The average Bonchev–Trinajstić information content (AvgIpc) is 3.40. The maximum atomic E-state index is 4.82. The van der Waals surface area contributed by atoms with Gasteiger partial charge in [-0.2, -0.15) is 0 Å². The van der Waals surface area contributed by atoms with Crippen LogP contribution < -0.4 is 9.80 Å². The Morgan fingerprint density at radius 1 is 1.04 bits per heavy atom. The first-order valence-electron chi connectivity index (χ1n) is 9.40. The Morgan fingerprint density at radius 3 is 2.35 bits per heavy atom. The Kier molecular flexibility index (Phi) is 4.76. The molecule has 2 aliphatic rings. The summed E-state index contributed by atoms with van der Waals surface area (Å²) in [7, 11) is 4.04. The lowest BCUT2D eigenvalue weighted by molar-refractivity contribution is 0.194. The number of hydrogen-bond acceptors (Lipinski definition) is 8. The van der Waals surface area contributed by atoms with Crippen molar-refractivity contribution < 1.29 is 4.63 Å². The molecule has 0 N–H and O–H groups in total. The van der Waals surface area contributed by atoms with Crippen molar-refractivity contribution in [3.63, 3.8) is 0 Å². The van der Waals surface area contributed by atoms with Crippen molar-refractivity contribution in [2.75, 3.05) is 37.0 Å². The lowest BCUT2D eigenvalue weighted by Crippen LogP contribution is -2.46. The van der Waals surface area contributed by atoms with E-state index in [1.807, 2.05) is 25.9 Å². The van der Waals surface area contributed by atoms with Gasteiger partial charge in [-0.05, 0) is 32.6 Å². The number of nitrogens with zero attached hydrogens (tertiary/aromatic N) is 7. The fourth-order valence-corrected chi connectivity index (χ4v) is 3.71. The Bertz CT molecular complexity index is 735. The summed E-state index contributed by atoms with van der Waals surface area (Å²) in [5.41, 5.74) is 1.85. The third kappa shape index (κ3) is 3.65. The van der Waals surface area contributed by atoms with Crippen LogP contribution in [0.3, 0.4) is 0 Å². The first-order chi connectivity index (χ1) is 12.6. The number of aryl methyl sites for hydroxylation is 1. The second-order valence-electron chi connectivity index (χ2n) is 7.57. The molecule has 140 valence electrons. The lowest BCUT2D eigenvalue weighted by atomic mass is 10.0. The number of aromatic nitrogens is 4. The second-order valence-corrected chi connectivity index (χ2v) is 7.57. The first kappa shape index (κ1) is 17.2. The monoisotopic (exact) mass is 357 g/mol. The van der Waals surface area contributed by atoms with Crippen molar-refractivity contribution >= 4 is 11.6 Å². The molecule has 4 rings (SSSR count). The van der Waals surface area contributed by atoms with Crippen LogP contribution in [0.2, 0.25) is 0 Å². The highest BCUT2D eigenvalue weighted by Gasteiger charge is 2.36. The SMILES string of the molecule is Cc1nonc1CN1CCC(N(c2cc(N(C)C)ncn2)C2CC2)CC1. The van der Waals surface area contributed by atoms with E-state index >= 15 is 0 Å². The van der Waals surface area contributed by atoms with Gasteiger partial charge in [0.05, 0.1) is 0 Å². The van der Waals surface area contributed by atoms with E-state index in [9.17, 15) is 0 Å². The molecular formula is C18H27N7O. The number of hydrogen-bond donors (Lipinski definition) is 0. The van der Waals surface area contributed by atoms with Gasteiger partial charge in [0, 0.05) is 51.9 Å². The summed E-state index contributed by atoms with van der Waals surface area (Å²) in [6.07, 6.45) is 6.51. The predicted octanol–water partition coefficient (Wildman–Crippen LogP) is 1.87. The fraction of sp³-hybridized carbons (Fsp3) is 0.667. The van der Waals surface area contributed by atoms with Crippen molar-refractivity contribution in [3.05, 3.63) is 23.8 Å². The molecule has 1 aliphatic heterocycles. The van der Waals surface area contributed by atoms with Crippen LogP contribution in [-0.2, 0) is 6.54 Å². The van der Waals surface area contributed by atoms with Crippen LogP contribution in [0, 0.1) is 6.92 Å². The van der Waals surface area contributed by atoms with Gasteiger partial charge in [0.2, 0.25) is 0 Å². The third-order valence-electron chi connectivity index (χ3n) is 5.37. The van der Waals surface area contributed by atoms with Gasteiger partial charge in [0.1, 0.15) is 29.4 Å². The van der Waals surface area contributed by atoms with E-state index < -0.39 is 0 Å². The highest BCUT2D eigenvalue weighted by molar-refractivity contribution is 5.51. The highest BCUT2D eigenvalue weighted by Crippen LogP contribution is 2.36. The molecule has 1 saturated carbocycles. The smallest absolute Gasteiger partial charge is 0.134 e. The summed E-state index contributed by atoms with van der Waals surface area (Å²) in [5.74, 6) is 2.04. The molecule has 0 atom stereocenters. The largest absolute Gasteiger partial charge is 0.363 e. The molecule has 8 heteroatoms. The average molecular weight is 357 g/mol. The van der Waals surface area contributed by atoms with E-state index in [4.69, 9.17) is 4.63 Å². The predicted molar refractivity (Wildman–Crippen MR) is 99.2 cm³/mol. The summed E-state index contributed by atoms with van der Waals surface area (Å²) in [4.78, 5) is 16.0. The Hall–Kier alpha value is -2.22. The Balaban J connectivity index is 1.43. The Labute approximate surface area is 154 Å². The Morgan fingerprint density at radius 2 is 1.73 bits per heavy atom. The van der Waals surface area contributed by atoms with Gasteiger partial charge in [-0.1, -0.05) is 10.3 Å². The normalized spacial score (nSPS) is 18.9. The summed E-state index contributed by atoms with van der Waals surface area (Å²) in [5, 5.41) is 7.90. The molecule has 26 heavy (non-hydrogen) atoms. The second kappa shape index (κ2) is 7.19. The van der Waals surface area contributed by atoms with E-state index in [-0.39, 0.29) is 0 Å². The van der Waals surface area contributed by atoms with Crippen molar-refractivity contribution in [2.45, 2.75) is 51.2 Å². The molecule has 2 aromatic rings. The summed E-state index contributed by atoms with van der Waals surface area (Å²) in [6.45, 7) is 4.90. The minimum absolute atomic E-state index is 0.542. The molecule has 0 bridgehead atoms. The van der Waals surface area contributed by atoms with Crippen molar-refractivity contribution in [1.82, 2.24) is 25.2 Å². The maximum Gasteiger partial charge on any atom is 0.134 e. The van der Waals surface area contributed by atoms with E-state index in [0.29, 0.717) is 12.1 Å². The molecule has 0 radical (unpaired) electrons. The molecule has 8 nitrogen and oxygen atoms in total. The zero-order valence-electron chi connectivity index (χ0n) is 15.8. The van der Waals surface area contributed by atoms with Gasteiger partial charge in [-0.3, -0.25) is 4.90 Å². The van der Waals surface area contributed by atoms with E-state index in [1.165, 1.54) is 12.8 Å². The molecule has 0 spiro atoms. The van der Waals surface area contributed by atoms with Crippen molar-refractivity contribution in [1.29, 1.82) is 0 Å². The van der Waals surface area contributed by atoms with Gasteiger partial charge < -0.3 is 9.80 Å². The topological polar surface area (TPSA) is 74.4 Å². The number of rotatable bonds is 6. The summed E-state index contributed by atoms with van der Waals surface area (Å²) in [6, 6.07) is 3.30. The molecule has 0 amide bonds. The van der Waals surface area contributed by atoms with E-state index in [2.05, 4.69) is 36.1 Å².